The summed E-state index contributed by atoms with van der Waals surface area (Å²) in [6, 6.07) is 0.345. The van der Waals surface area contributed by atoms with Crippen molar-refractivity contribution in [3.05, 3.63) is 0 Å². The maximum atomic E-state index is 11.3. The quantitative estimate of drug-likeness (QED) is 0.700. The van der Waals surface area contributed by atoms with Gasteiger partial charge >= 0.3 is 0 Å². The fourth-order valence-corrected chi connectivity index (χ4v) is 1.41. The van der Waals surface area contributed by atoms with Crippen molar-refractivity contribution in [3.8, 4) is 0 Å². The second-order valence-electron chi connectivity index (χ2n) is 4.52. The predicted molar refractivity (Wildman–Crippen MR) is 61.1 cm³/mol. The maximum Gasteiger partial charge on any atom is 0.219 e. The number of hydrogen-bond donors (Lipinski definition) is 1. The van der Waals surface area contributed by atoms with Crippen LogP contribution in [0.2, 0.25) is 0 Å². The summed E-state index contributed by atoms with van der Waals surface area (Å²) < 4.78 is 0. The van der Waals surface area contributed by atoms with Crippen LogP contribution in [0.3, 0.4) is 0 Å². The van der Waals surface area contributed by atoms with Gasteiger partial charge in [-0.15, -0.1) is 0 Å². The zero-order valence-corrected chi connectivity index (χ0v) is 10.3. The normalized spacial score (nSPS) is 15.3. The van der Waals surface area contributed by atoms with Gasteiger partial charge < -0.3 is 5.32 Å². The molecule has 2 heteroatoms. The van der Waals surface area contributed by atoms with Gasteiger partial charge in [-0.1, -0.05) is 41.0 Å². The first kappa shape index (κ1) is 13.5. The van der Waals surface area contributed by atoms with Crippen molar-refractivity contribution in [1.82, 2.24) is 5.32 Å². The molecule has 0 aliphatic carbocycles. The summed E-state index contributed by atoms with van der Waals surface area (Å²) in [5, 5.41) is 3.09. The van der Waals surface area contributed by atoms with Gasteiger partial charge in [-0.2, -0.15) is 0 Å². The highest BCUT2D eigenvalue weighted by atomic mass is 16.1. The predicted octanol–water partition coefficient (Wildman–Crippen LogP) is 2.97. The molecule has 0 aromatic carbocycles. The lowest BCUT2D eigenvalue weighted by molar-refractivity contribution is -0.121. The van der Waals surface area contributed by atoms with Crippen molar-refractivity contribution in [3.63, 3.8) is 0 Å². The van der Waals surface area contributed by atoms with E-state index in [-0.39, 0.29) is 5.91 Å². The van der Waals surface area contributed by atoms with E-state index in [1.54, 1.807) is 0 Å². The summed E-state index contributed by atoms with van der Waals surface area (Å²) in [6.07, 6.45) is 2.87. The Morgan fingerprint density at radius 1 is 1.21 bits per heavy atom. The number of nitrogens with one attached hydrogen (secondary N) is 1. The fourth-order valence-electron chi connectivity index (χ4n) is 1.41. The third kappa shape index (κ3) is 5.25. The van der Waals surface area contributed by atoms with E-state index in [1.165, 1.54) is 6.42 Å². The molecule has 0 rings (SSSR count). The molecule has 0 heterocycles. The third-order valence-corrected chi connectivity index (χ3v) is 2.83. The Bertz CT molecular complexity index is 166. The lowest BCUT2D eigenvalue weighted by atomic mass is 9.92. The summed E-state index contributed by atoms with van der Waals surface area (Å²) in [4.78, 5) is 11.3. The molecule has 2 atom stereocenters. The van der Waals surface area contributed by atoms with E-state index < -0.39 is 0 Å². The molecule has 0 saturated heterocycles. The maximum absolute atomic E-state index is 11.3. The molecule has 84 valence electrons. The number of amides is 1. The number of hydrogen-bond acceptors (Lipinski definition) is 1. The highest BCUT2D eigenvalue weighted by molar-refractivity contribution is 5.75. The van der Waals surface area contributed by atoms with Crippen LogP contribution in [0.25, 0.3) is 0 Å². The van der Waals surface area contributed by atoms with E-state index in [2.05, 4.69) is 33.0 Å². The molecule has 14 heavy (non-hydrogen) atoms. The van der Waals surface area contributed by atoms with Crippen LogP contribution in [-0.2, 0) is 4.79 Å². The van der Waals surface area contributed by atoms with Crippen LogP contribution < -0.4 is 5.32 Å². The molecular formula is C12H25NO. The lowest BCUT2D eigenvalue weighted by Gasteiger charge is -2.24. The molecule has 0 radical (unpaired) electrons. The van der Waals surface area contributed by atoms with Crippen molar-refractivity contribution < 1.29 is 4.79 Å². The Balaban J connectivity index is 4.09. The molecule has 2 nitrogen and oxygen atoms in total. The molecular weight excluding hydrogens is 174 g/mol. The van der Waals surface area contributed by atoms with E-state index in [1.807, 2.05) is 6.92 Å². The smallest absolute Gasteiger partial charge is 0.219 e. The Labute approximate surface area is 88.5 Å². The summed E-state index contributed by atoms with van der Waals surface area (Å²) in [5.41, 5.74) is 0. The van der Waals surface area contributed by atoms with Crippen molar-refractivity contribution in [2.75, 3.05) is 0 Å². The summed E-state index contributed by atoms with van der Waals surface area (Å²) in [6.45, 7) is 10.7. The van der Waals surface area contributed by atoms with Gasteiger partial charge in [0.05, 0.1) is 0 Å². The minimum absolute atomic E-state index is 0.173. The first-order chi connectivity index (χ1) is 6.51. The number of carbonyl (C=O) groups is 1. The van der Waals surface area contributed by atoms with E-state index in [4.69, 9.17) is 0 Å². The minimum atomic E-state index is 0.173. The third-order valence-electron chi connectivity index (χ3n) is 2.83. The molecule has 0 aromatic rings. The van der Waals surface area contributed by atoms with Crippen molar-refractivity contribution >= 4 is 5.91 Å². The molecule has 0 saturated carbocycles. The second-order valence-corrected chi connectivity index (χ2v) is 4.52. The standard InChI is InChI=1S/C12H25NO/c1-6-10(5)8-11(9(3)4)13-12(14)7-2/h9-11H,6-8H2,1-5H3,(H,13,14)/t10?,11-/m1/s1. The summed E-state index contributed by atoms with van der Waals surface area (Å²) >= 11 is 0. The van der Waals surface area contributed by atoms with E-state index >= 15 is 0 Å². The Hall–Kier alpha value is -0.530. The largest absolute Gasteiger partial charge is 0.353 e. The van der Waals surface area contributed by atoms with E-state index in [0.29, 0.717) is 24.3 Å². The van der Waals surface area contributed by atoms with E-state index in [0.717, 1.165) is 6.42 Å². The molecule has 0 bridgehead atoms. The van der Waals surface area contributed by atoms with Gasteiger partial charge in [0, 0.05) is 12.5 Å². The van der Waals surface area contributed by atoms with Crippen LogP contribution in [-0.4, -0.2) is 11.9 Å². The molecule has 0 aliphatic heterocycles. The van der Waals surface area contributed by atoms with Crippen molar-refractivity contribution in [1.29, 1.82) is 0 Å². The van der Waals surface area contributed by atoms with Crippen LogP contribution in [0, 0.1) is 11.8 Å². The van der Waals surface area contributed by atoms with Crippen LogP contribution in [0.5, 0.6) is 0 Å². The van der Waals surface area contributed by atoms with Gasteiger partial charge in [-0.25, -0.2) is 0 Å². The lowest BCUT2D eigenvalue weighted by Crippen LogP contribution is -2.39. The zero-order valence-electron chi connectivity index (χ0n) is 10.3. The highest BCUT2D eigenvalue weighted by Gasteiger charge is 2.17. The molecule has 1 amide bonds. The average molecular weight is 199 g/mol. The van der Waals surface area contributed by atoms with Crippen molar-refractivity contribution in [2.24, 2.45) is 11.8 Å². The Morgan fingerprint density at radius 3 is 2.14 bits per heavy atom. The van der Waals surface area contributed by atoms with Gasteiger partial charge in [0.2, 0.25) is 5.91 Å². The van der Waals surface area contributed by atoms with Crippen molar-refractivity contribution in [2.45, 2.75) is 59.9 Å². The molecule has 1 unspecified atom stereocenters. The molecule has 0 spiro atoms. The van der Waals surface area contributed by atoms with Gasteiger partial charge in [0.25, 0.3) is 0 Å². The van der Waals surface area contributed by atoms with Gasteiger partial charge in [0.15, 0.2) is 0 Å². The Kier molecular flexibility index (Phi) is 6.60. The van der Waals surface area contributed by atoms with Crippen LogP contribution in [0.4, 0.5) is 0 Å². The number of carbonyl (C=O) groups excluding carboxylic acids is 1. The van der Waals surface area contributed by atoms with Crippen LogP contribution in [0.1, 0.15) is 53.9 Å². The first-order valence-electron chi connectivity index (χ1n) is 5.80. The second kappa shape index (κ2) is 6.86. The van der Waals surface area contributed by atoms with Crippen LogP contribution >= 0.6 is 0 Å². The van der Waals surface area contributed by atoms with Gasteiger partial charge in [0.1, 0.15) is 0 Å². The summed E-state index contributed by atoms with van der Waals surface area (Å²) in [7, 11) is 0. The van der Waals surface area contributed by atoms with Crippen LogP contribution in [0.15, 0.2) is 0 Å². The first-order valence-corrected chi connectivity index (χ1v) is 5.80. The Morgan fingerprint density at radius 2 is 1.79 bits per heavy atom. The van der Waals surface area contributed by atoms with E-state index in [9.17, 15) is 4.79 Å². The minimum Gasteiger partial charge on any atom is -0.353 e. The monoisotopic (exact) mass is 199 g/mol. The van der Waals surface area contributed by atoms with Gasteiger partial charge in [-0.3, -0.25) is 4.79 Å². The summed E-state index contributed by atoms with van der Waals surface area (Å²) in [5.74, 6) is 1.39. The molecule has 1 N–H and O–H groups in total. The average Bonchev–Trinajstić information content (AvgIpc) is 2.16. The highest BCUT2D eigenvalue weighted by Crippen LogP contribution is 2.15. The zero-order chi connectivity index (χ0) is 11.1. The topological polar surface area (TPSA) is 29.1 Å². The molecule has 0 aliphatic rings. The number of rotatable bonds is 6. The SMILES string of the molecule is CCC(=O)N[C@H](CC(C)CC)C(C)C. The van der Waals surface area contributed by atoms with Gasteiger partial charge in [-0.05, 0) is 18.3 Å². The molecule has 0 fully saturated rings. The fraction of sp³-hybridized carbons (Fsp3) is 0.917. The molecule has 0 aromatic heterocycles.